The van der Waals surface area contributed by atoms with Crippen LogP contribution in [0.15, 0.2) is 48.5 Å². The van der Waals surface area contributed by atoms with E-state index in [4.69, 9.17) is 0 Å². The Bertz CT molecular complexity index is 826. The molecule has 0 aliphatic carbocycles. The summed E-state index contributed by atoms with van der Waals surface area (Å²) in [6.07, 6.45) is 0.649. The average molecular weight is 351 g/mol. The number of benzene rings is 2. The van der Waals surface area contributed by atoms with Crippen molar-refractivity contribution < 1.29 is 14.4 Å². The van der Waals surface area contributed by atoms with Gasteiger partial charge in [-0.2, -0.15) is 0 Å². The van der Waals surface area contributed by atoms with Crippen LogP contribution in [0.4, 0.5) is 11.4 Å². The summed E-state index contributed by atoms with van der Waals surface area (Å²) in [5.74, 6) is -0.719. The zero-order chi connectivity index (χ0) is 18.7. The topological polar surface area (TPSA) is 69.7 Å². The number of hydrogen-bond donors (Lipinski definition) is 1. The number of nitrogens with one attached hydrogen (secondary N) is 1. The van der Waals surface area contributed by atoms with Crippen molar-refractivity contribution in [2.75, 3.05) is 30.9 Å². The van der Waals surface area contributed by atoms with Crippen molar-refractivity contribution >= 4 is 29.1 Å². The van der Waals surface area contributed by atoms with E-state index in [2.05, 4.69) is 5.32 Å². The molecule has 0 saturated heterocycles. The van der Waals surface area contributed by atoms with Gasteiger partial charge in [-0.25, -0.2) is 0 Å². The third kappa shape index (κ3) is 3.44. The van der Waals surface area contributed by atoms with E-state index in [0.717, 1.165) is 11.4 Å². The maximum absolute atomic E-state index is 12.3. The number of hydrogen-bond acceptors (Lipinski definition) is 4. The molecule has 6 nitrogen and oxygen atoms in total. The van der Waals surface area contributed by atoms with E-state index in [1.54, 1.807) is 24.3 Å². The molecule has 6 heteroatoms. The molecule has 0 radical (unpaired) electrons. The summed E-state index contributed by atoms with van der Waals surface area (Å²) >= 11 is 0. The van der Waals surface area contributed by atoms with Crippen molar-refractivity contribution in [3.63, 3.8) is 0 Å². The van der Waals surface area contributed by atoms with Crippen LogP contribution in [0.25, 0.3) is 0 Å². The highest BCUT2D eigenvalue weighted by Gasteiger charge is 2.34. The standard InChI is InChI=1S/C20H21N3O3/c1-22(2)17-11-6-5-10-16(17)21-18(24)12-7-13-23-19(25)14-8-3-4-9-15(14)20(23)26/h3-6,8-11H,7,12-13H2,1-2H3,(H,21,24). The number of carbonyl (C=O) groups excluding carboxylic acids is 3. The molecule has 0 unspecified atom stereocenters. The second kappa shape index (κ2) is 7.39. The number of para-hydroxylation sites is 2. The number of nitrogens with zero attached hydrogens (tertiary/aromatic N) is 2. The molecular formula is C20H21N3O3. The third-order valence-corrected chi connectivity index (χ3v) is 4.32. The van der Waals surface area contributed by atoms with Crippen LogP contribution < -0.4 is 10.2 Å². The smallest absolute Gasteiger partial charge is 0.261 e. The lowest BCUT2D eigenvalue weighted by Gasteiger charge is -2.18. The minimum atomic E-state index is -0.288. The SMILES string of the molecule is CN(C)c1ccccc1NC(=O)CCCN1C(=O)c2ccccc2C1=O. The molecule has 0 saturated carbocycles. The highest BCUT2D eigenvalue weighted by molar-refractivity contribution is 6.21. The molecule has 0 bridgehead atoms. The van der Waals surface area contributed by atoms with Crippen LogP contribution in [0.5, 0.6) is 0 Å². The Morgan fingerprint density at radius 1 is 0.962 bits per heavy atom. The summed E-state index contributed by atoms with van der Waals surface area (Å²) in [5, 5.41) is 2.89. The van der Waals surface area contributed by atoms with E-state index in [-0.39, 0.29) is 30.7 Å². The summed E-state index contributed by atoms with van der Waals surface area (Å²) < 4.78 is 0. The molecule has 0 spiro atoms. The minimum absolute atomic E-state index is 0.143. The zero-order valence-corrected chi connectivity index (χ0v) is 14.9. The highest BCUT2D eigenvalue weighted by atomic mass is 16.2. The lowest BCUT2D eigenvalue weighted by molar-refractivity contribution is -0.116. The fraction of sp³-hybridized carbons (Fsp3) is 0.250. The molecule has 134 valence electrons. The monoisotopic (exact) mass is 351 g/mol. The quantitative estimate of drug-likeness (QED) is 0.813. The van der Waals surface area contributed by atoms with Crippen molar-refractivity contribution in [1.82, 2.24) is 4.90 Å². The van der Waals surface area contributed by atoms with Crippen LogP contribution >= 0.6 is 0 Å². The van der Waals surface area contributed by atoms with Crippen molar-refractivity contribution in [3.05, 3.63) is 59.7 Å². The van der Waals surface area contributed by atoms with Crippen LogP contribution in [0, 0.1) is 0 Å². The molecule has 0 atom stereocenters. The van der Waals surface area contributed by atoms with Crippen molar-refractivity contribution in [3.8, 4) is 0 Å². The molecule has 3 rings (SSSR count). The van der Waals surface area contributed by atoms with Gasteiger partial charge in [0, 0.05) is 27.1 Å². The van der Waals surface area contributed by atoms with Gasteiger partial charge in [-0.05, 0) is 30.7 Å². The minimum Gasteiger partial charge on any atom is -0.376 e. The molecule has 1 N–H and O–H groups in total. The molecule has 0 aromatic heterocycles. The van der Waals surface area contributed by atoms with Gasteiger partial charge in [0.05, 0.1) is 22.5 Å². The van der Waals surface area contributed by atoms with Crippen LogP contribution in [0.3, 0.4) is 0 Å². The maximum Gasteiger partial charge on any atom is 0.261 e. The van der Waals surface area contributed by atoms with Gasteiger partial charge < -0.3 is 10.2 Å². The summed E-state index contributed by atoms with van der Waals surface area (Å²) in [7, 11) is 3.82. The van der Waals surface area contributed by atoms with Crippen LogP contribution in [0.2, 0.25) is 0 Å². The molecule has 1 aliphatic rings. The predicted molar refractivity (Wildman–Crippen MR) is 100 cm³/mol. The predicted octanol–water partition coefficient (Wildman–Crippen LogP) is 2.77. The van der Waals surface area contributed by atoms with Gasteiger partial charge in [-0.1, -0.05) is 24.3 Å². The van der Waals surface area contributed by atoms with Crippen LogP contribution in [-0.4, -0.2) is 43.3 Å². The molecular weight excluding hydrogens is 330 g/mol. The lowest BCUT2D eigenvalue weighted by Crippen LogP contribution is -2.31. The van der Waals surface area contributed by atoms with Gasteiger partial charge in [0.1, 0.15) is 0 Å². The molecule has 3 amide bonds. The number of rotatable bonds is 6. The molecule has 1 heterocycles. The number of carbonyl (C=O) groups is 3. The number of anilines is 2. The molecule has 0 fully saturated rings. The molecule has 1 aliphatic heterocycles. The van der Waals surface area contributed by atoms with Gasteiger partial charge >= 0.3 is 0 Å². The van der Waals surface area contributed by atoms with Gasteiger partial charge in [0.15, 0.2) is 0 Å². The molecule has 2 aromatic rings. The summed E-state index contributed by atoms with van der Waals surface area (Å²) in [4.78, 5) is 39.9. The first-order valence-corrected chi connectivity index (χ1v) is 8.50. The summed E-state index contributed by atoms with van der Waals surface area (Å²) in [6.45, 7) is 0.231. The van der Waals surface area contributed by atoms with E-state index >= 15 is 0 Å². The second-order valence-corrected chi connectivity index (χ2v) is 6.37. The Kier molecular flexibility index (Phi) is 5.02. The Labute approximate surface area is 152 Å². The number of fused-ring (bicyclic) bond motifs is 1. The normalized spacial score (nSPS) is 12.9. The first-order chi connectivity index (χ1) is 12.5. The molecule has 2 aromatic carbocycles. The fourth-order valence-corrected chi connectivity index (χ4v) is 3.02. The Morgan fingerprint density at radius 3 is 2.15 bits per heavy atom. The zero-order valence-electron chi connectivity index (χ0n) is 14.9. The van der Waals surface area contributed by atoms with Crippen molar-refractivity contribution in [2.24, 2.45) is 0 Å². The van der Waals surface area contributed by atoms with Crippen molar-refractivity contribution in [2.45, 2.75) is 12.8 Å². The summed E-state index contributed by atoms with van der Waals surface area (Å²) in [6, 6.07) is 14.3. The average Bonchev–Trinajstić information content (AvgIpc) is 2.87. The Hall–Kier alpha value is -3.15. The van der Waals surface area contributed by atoms with Crippen LogP contribution in [0.1, 0.15) is 33.6 Å². The van der Waals surface area contributed by atoms with E-state index in [0.29, 0.717) is 17.5 Å². The maximum atomic E-state index is 12.3. The van der Waals surface area contributed by atoms with E-state index < -0.39 is 0 Å². The number of imide groups is 1. The molecule has 26 heavy (non-hydrogen) atoms. The number of amides is 3. The summed E-state index contributed by atoms with van der Waals surface area (Å²) in [5.41, 5.74) is 2.52. The largest absolute Gasteiger partial charge is 0.376 e. The Morgan fingerprint density at radius 2 is 1.54 bits per heavy atom. The third-order valence-electron chi connectivity index (χ3n) is 4.32. The van der Waals surface area contributed by atoms with Crippen molar-refractivity contribution in [1.29, 1.82) is 0 Å². The van der Waals surface area contributed by atoms with E-state index in [9.17, 15) is 14.4 Å². The highest BCUT2D eigenvalue weighted by Crippen LogP contribution is 2.24. The van der Waals surface area contributed by atoms with E-state index in [1.165, 1.54) is 4.90 Å². The lowest BCUT2D eigenvalue weighted by atomic mass is 10.1. The van der Waals surface area contributed by atoms with E-state index in [1.807, 2.05) is 43.3 Å². The van der Waals surface area contributed by atoms with Crippen LogP contribution in [-0.2, 0) is 4.79 Å². The van der Waals surface area contributed by atoms with Gasteiger partial charge in [0.25, 0.3) is 11.8 Å². The second-order valence-electron chi connectivity index (χ2n) is 6.37. The Balaban J connectivity index is 1.56. The fourth-order valence-electron chi connectivity index (χ4n) is 3.02. The van der Waals surface area contributed by atoms with Gasteiger partial charge in [0.2, 0.25) is 5.91 Å². The first kappa shape index (κ1) is 17.7. The van der Waals surface area contributed by atoms with Gasteiger partial charge in [-0.3, -0.25) is 19.3 Å². The first-order valence-electron chi connectivity index (χ1n) is 8.50. The van der Waals surface area contributed by atoms with Gasteiger partial charge in [-0.15, -0.1) is 0 Å².